The van der Waals surface area contributed by atoms with Gasteiger partial charge in [0.15, 0.2) is 5.65 Å². The van der Waals surface area contributed by atoms with Crippen molar-refractivity contribution in [1.82, 2.24) is 30.2 Å². The van der Waals surface area contributed by atoms with Gasteiger partial charge in [0.25, 0.3) is 0 Å². The van der Waals surface area contributed by atoms with E-state index in [0.29, 0.717) is 41.1 Å². The highest BCUT2D eigenvalue weighted by Crippen LogP contribution is 2.42. The van der Waals surface area contributed by atoms with Crippen molar-refractivity contribution >= 4 is 28.9 Å². The number of benzene rings is 2. The standard InChI is InChI=1S/C28H31N7O4/c1-28(2,3)39-27(37)33-34(4)26(36)18-14-19(15-18)35-25-22(24(29)30-16-31-25)23(32-35)17-10-12-21(13-11-17)38-20-8-6-5-7-9-20/h5-13,16,18-19H,14-15H2,1-4H3,(H,33,37)(H2,29,30,31). The number of para-hydroxylation sites is 1. The summed E-state index contributed by atoms with van der Waals surface area (Å²) < 4.78 is 13.0. The number of carbonyl (C=O) groups excluding carboxylic acids is 2. The molecule has 0 saturated heterocycles. The predicted molar refractivity (Wildman–Crippen MR) is 146 cm³/mol. The number of carbonyl (C=O) groups is 2. The summed E-state index contributed by atoms with van der Waals surface area (Å²) in [7, 11) is 1.51. The fourth-order valence-electron chi connectivity index (χ4n) is 4.51. The maximum absolute atomic E-state index is 12.9. The van der Waals surface area contributed by atoms with Crippen LogP contribution in [0.25, 0.3) is 22.3 Å². The second-order valence-electron chi connectivity index (χ2n) is 10.5. The van der Waals surface area contributed by atoms with Crippen LogP contribution >= 0.6 is 0 Å². The smallest absolute Gasteiger partial charge is 0.426 e. The molecule has 39 heavy (non-hydrogen) atoms. The molecule has 0 spiro atoms. The first-order valence-electron chi connectivity index (χ1n) is 12.7. The number of hydrogen-bond acceptors (Lipinski definition) is 8. The highest BCUT2D eigenvalue weighted by molar-refractivity contribution is 5.98. The van der Waals surface area contributed by atoms with Gasteiger partial charge in [0.1, 0.15) is 34.9 Å². The van der Waals surface area contributed by atoms with Crippen molar-refractivity contribution in [2.75, 3.05) is 12.8 Å². The van der Waals surface area contributed by atoms with Crippen molar-refractivity contribution in [3.05, 3.63) is 60.9 Å². The number of amides is 2. The average molecular weight is 530 g/mol. The molecule has 0 aliphatic heterocycles. The lowest BCUT2D eigenvalue weighted by Gasteiger charge is -2.36. The van der Waals surface area contributed by atoms with Crippen LogP contribution in [0.5, 0.6) is 11.5 Å². The second-order valence-corrected chi connectivity index (χ2v) is 10.5. The van der Waals surface area contributed by atoms with E-state index in [2.05, 4.69) is 15.4 Å². The van der Waals surface area contributed by atoms with Gasteiger partial charge in [-0.2, -0.15) is 5.10 Å². The Labute approximate surface area is 225 Å². The van der Waals surface area contributed by atoms with Crippen LogP contribution in [0.3, 0.4) is 0 Å². The van der Waals surface area contributed by atoms with E-state index >= 15 is 0 Å². The highest BCUT2D eigenvalue weighted by Gasteiger charge is 2.39. The molecule has 2 heterocycles. The third kappa shape index (κ3) is 5.62. The molecular weight excluding hydrogens is 498 g/mol. The third-order valence-corrected chi connectivity index (χ3v) is 6.42. The number of nitrogen functional groups attached to an aromatic ring is 1. The Morgan fingerprint density at radius 3 is 2.36 bits per heavy atom. The molecule has 0 unspecified atom stereocenters. The van der Waals surface area contributed by atoms with Crippen LogP contribution in [-0.4, -0.2) is 49.4 Å². The number of anilines is 1. The number of nitrogens with one attached hydrogen (secondary N) is 1. The SMILES string of the molecule is CN(NC(=O)OC(C)(C)C)C(=O)C1CC(n2nc(-c3ccc(Oc4ccccc4)cc3)c3c(N)ncnc32)C1. The van der Waals surface area contributed by atoms with E-state index < -0.39 is 11.7 Å². The molecule has 202 valence electrons. The zero-order chi connectivity index (χ0) is 27.7. The number of fused-ring (bicyclic) bond motifs is 1. The number of hydrazine groups is 1. The summed E-state index contributed by atoms with van der Waals surface area (Å²) in [5, 5.41) is 6.70. The van der Waals surface area contributed by atoms with Crippen LogP contribution in [0.4, 0.5) is 10.6 Å². The van der Waals surface area contributed by atoms with Gasteiger partial charge in [-0.1, -0.05) is 18.2 Å². The van der Waals surface area contributed by atoms with Crippen molar-refractivity contribution in [1.29, 1.82) is 0 Å². The molecule has 11 nitrogen and oxygen atoms in total. The summed E-state index contributed by atoms with van der Waals surface area (Å²) >= 11 is 0. The number of ether oxygens (including phenoxy) is 2. The Bertz CT molecular complexity index is 1490. The van der Waals surface area contributed by atoms with Crippen LogP contribution < -0.4 is 15.9 Å². The first-order valence-corrected chi connectivity index (χ1v) is 12.7. The van der Waals surface area contributed by atoms with E-state index in [0.717, 1.165) is 11.3 Å². The van der Waals surface area contributed by atoms with Gasteiger partial charge in [-0.3, -0.25) is 9.80 Å². The molecule has 1 aliphatic carbocycles. The second kappa shape index (κ2) is 10.2. The molecule has 0 bridgehead atoms. The molecule has 2 aromatic heterocycles. The first-order chi connectivity index (χ1) is 18.6. The Morgan fingerprint density at radius 2 is 1.69 bits per heavy atom. The van der Waals surface area contributed by atoms with E-state index in [9.17, 15) is 9.59 Å². The van der Waals surface area contributed by atoms with Crippen molar-refractivity contribution < 1.29 is 19.1 Å². The molecular formula is C28H31N7O4. The minimum absolute atomic E-state index is 0.0555. The molecule has 2 amide bonds. The number of rotatable bonds is 5. The van der Waals surface area contributed by atoms with Crippen LogP contribution in [0.15, 0.2) is 60.9 Å². The van der Waals surface area contributed by atoms with Gasteiger partial charge in [0, 0.05) is 18.5 Å². The predicted octanol–water partition coefficient (Wildman–Crippen LogP) is 4.72. The van der Waals surface area contributed by atoms with Gasteiger partial charge in [-0.05, 0) is 70.0 Å². The average Bonchev–Trinajstić information content (AvgIpc) is 3.23. The number of nitrogens with two attached hydrogens (primary N) is 1. The Kier molecular flexibility index (Phi) is 6.81. The van der Waals surface area contributed by atoms with Crippen molar-refractivity contribution in [3.63, 3.8) is 0 Å². The maximum atomic E-state index is 12.9. The summed E-state index contributed by atoms with van der Waals surface area (Å²) in [6.45, 7) is 5.28. The first kappa shape index (κ1) is 26.0. The normalized spacial score (nSPS) is 16.8. The van der Waals surface area contributed by atoms with E-state index in [4.69, 9.17) is 20.3 Å². The quantitative estimate of drug-likeness (QED) is 0.354. The van der Waals surface area contributed by atoms with E-state index in [1.807, 2.05) is 59.3 Å². The Balaban J connectivity index is 1.31. The maximum Gasteiger partial charge on any atom is 0.426 e. The molecule has 11 heteroatoms. The molecule has 1 aliphatic rings. The molecule has 0 radical (unpaired) electrons. The topological polar surface area (TPSA) is 137 Å². The Morgan fingerprint density at radius 1 is 1.03 bits per heavy atom. The van der Waals surface area contributed by atoms with Crippen molar-refractivity contribution in [3.8, 4) is 22.8 Å². The molecule has 2 aromatic carbocycles. The number of nitrogens with zero attached hydrogens (tertiary/aromatic N) is 5. The fraction of sp³-hybridized carbons (Fsp3) is 0.321. The number of aromatic nitrogens is 4. The van der Waals surface area contributed by atoms with Crippen LogP contribution in [0, 0.1) is 5.92 Å². The zero-order valence-electron chi connectivity index (χ0n) is 22.3. The highest BCUT2D eigenvalue weighted by atomic mass is 16.6. The Hall–Kier alpha value is -4.67. The van der Waals surface area contributed by atoms with Gasteiger partial charge < -0.3 is 15.2 Å². The largest absolute Gasteiger partial charge is 0.457 e. The van der Waals surface area contributed by atoms with Gasteiger partial charge in [-0.15, -0.1) is 0 Å². The van der Waals surface area contributed by atoms with E-state index in [-0.39, 0.29) is 17.9 Å². The van der Waals surface area contributed by atoms with Crippen molar-refractivity contribution in [2.45, 2.75) is 45.3 Å². The van der Waals surface area contributed by atoms with Gasteiger partial charge in [-0.25, -0.2) is 24.9 Å². The summed E-state index contributed by atoms with van der Waals surface area (Å²) in [5.74, 6) is 1.31. The summed E-state index contributed by atoms with van der Waals surface area (Å²) in [5.41, 5.74) is 10.2. The van der Waals surface area contributed by atoms with Gasteiger partial charge in [0.2, 0.25) is 5.91 Å². The van der Waals surface area contributed by atoms with Crippen LogP contribution in [-0.2, 0) is 9.53 Å². The summed E-state index contributed by atoms with van der Waals surface area (Å²) in [4.78, 5) is 33.6. The third-order valence-electron chi connectivity index (χ3n) is 6.42. The lowest BCUT2D eigenvalue weighted by Crippen LogP contribution is -2.50. The molecule has 1 fully saturated rings. The van der Waals surface area contributed by atoms with Gasteiger partial charge in [0.05, 0.1) is 11.4 Å². The summed E-state index contributed by atoms with van der Waals surface area (Å²) in [6, 6.07) is 17.1. The monoisotopic (exact) mass is 529 g/mol. The van der Waals surface area contributed by atoms with E-state index in [1.54, 1.807) is 20.8 Å². The van der Waals surface area contributed by atoms with Crippen LogP contribution in [0.1, 0.15) is 39.7 Å². The summed E-state index contributed by atoms with van der Waals surface area (Å²) in [6.07, 6.45) is 1.83. The lowest BCUT2D eigenvalue weighted by molar-refractivity contribution is -0.141. The van der Waals surface area contributed by atoms with Crippen molar-refractivity contribution in [2.24, 2.45) is 5.92 Å². The minimum Gasteiger partial charge on any atom is -0.457 e. The molecule has 4 aromatic rings. The van der Waals surface area contributed by atoms with E-state index in [1.165, 1.54) is 18.4 Å². The van der Waals surface area contributed by atoms with Gasteiger partial charge >= 0.3 is 6.09 Å². The zero-order valence-corrected chi connectivity index (χ0v) is 22.3. The molecule has 1 saturated carbocycles. The number of hydrogen-bond donors (Lipinski definition) is 2. The minimum atomic E-state index is -0.677. The molecule has 0 atom stereocenters. The molecule has 3 N–H and O–H groups in total. The lowest BCUT2D eigenvalue weighted by atomic mass is 9.79. The van der Waals surface area contributed by atoms with Crippen LogP contribution in [0.2, 0.25) is 0 Å². The molecule has 5 rings (SSSR count). The fourth-order valence-corrected chi connectivity index (χ4v) is 4.51.